The summed E-state index contributed by atoms with van der Waals surface area (Å²) in [5.74, 6) is -0.375. The topological polar surface area (TPSA) is 58.6 Å². The van der Waals surface area contributed by atoms with E-state index in [2.05, 4.69) is 5.32 Å². The first-order chi connectivity index (χ1) is 8.99. The lowest BCUT2D eigenvalue weighted by Crippen LogP contribution is -2.44. The smallest absolute Gasteiger partial charge is 0.408 e. The standard InChI is InChI=1S/C15H22FNO3/c1-14(2,3)20-13(18)17-12(15(4,5)19)10-6-8-11(16)9-7-10/h6-9,12,19H,1-5H3,(H,17,18)/t12-/m0/s1. The maximum Gasteiger partial charge on any atom is 0.408 e. The number of rotatable bonds is 3. The summed E-state index contributed by atoms with van der Waals surface area (Å²) in [4.78, 5) is 11.8. The third kappa shape index (κ3) is 5.17. The van der Waals surface area contributed by atoms with Gasteiger partial charge < -0.3 is 15.2 Å². The average Bonchev–Trinajstić information content (AvgIpc) is 2.23. The van der Waals surface area contributed by atoms with Gasteiger partial charge in [0.1, 0.15) is 11.4 Å². The summed E-state index contributed by atoms with van der Waals surface area (Å²) >= 11 is 0. The monoisotopic (exact) mass is 283 g/mol. The van der Waals surface area contributed by atoms with Crippen LogP contribution >= 0.6 is 0 Å². The van der Waals surface area contributed by atoms with Crippen molar-refractivity contribution in [1.29, 1.82) is 0 Å². The molecule has 0 aliphatic rings. The summed E-state index contributed by atoms with van der Waals surface area (Å²) in [5.41, 5.74) is -1.24. The SMILES string of the molecule is CC(C)(C)OC(=O)N[C@@H](c1ccc(F)cc1)C(C)(C)O. The Kier molecular flexibility index (Phi) is 4.76. The molecule has 1 aromatic rings. The van der Waals surface area contributed by atoms with Crippen molar-refractivity contribution < 1.29 is 19.0 Å². The van der Waals surface area contributed by atoms with Gasteiger partial charge in [0, 0.05) is 0 Å². The van der Waals surface area contributed by atoms with Crippen molar-refractivity contribution in [3.63, 3.8) is 0 Å². The van der Waals surface area contributed by atoms with Gasteiger partial charge in [-0.15, -0.1) is 0 Å². The number of hydrogen-bond donors (Lipinski definition) is 2. The molecule has 4 nitrogen and oxygen atoms in total. The Balaban J connectivity index is 2.92. The van der Waals surface area contributed by atoms with Crippen molar-refractivity contribution in [2.24, 2.45) is 0 Å². The number of benzene rings is 1. The number of hydrogen-bond acceptors (Lipinski definition) is 3. The van der Waals surface area contributed by atoms with Gasteiger partial charge in [0.15, 0.2) is 0 Å². The van der Waals surface area contributed by atoms with Crippen LogP contribution in [0.25, 0.3) is 0 Å². The lowest BCUT2D eigenvalue weighted by atomic mass is 9.92. The highest BCUT2D eigenvalue weighted by Gasteiger charge is 2.31. The molecule has 1 rings (SSSR count). The van der Waals surface area contributed by atoms with Gasteiger partial charge in [-0.25, -0.2) is 9.18 Å². The number of amides is 1. The Hall–Kier alpha value is -1.62. The number of carbonyl (C=O) groups excluding carboxylic acids is 1. The van der Waals surface area contributed by atoms with Gasteiger partial charge in [0.05, 0.1) is 11.6 Å². The number of alkyl carbamates (subject to hydrolysis) is 1. The van der Waals surface area contributed by atoms with Gasteiger partial charge in [-0.2, -0.15) is 0 Å². The molecule has 1 aromatic carbocycles. The molecule has 2 N–H and O–H groups in total. The van der Waals surface area contributed by atoms with E-state index < -0.39 is 23.3 Å². The fraction of sp³-hybridized carbons (Fsp3) is 0.533. The van der Waals surface area contributed by atoms with Crippen LogP contribution in [0.1, 0.15) is 46.2 Å². The summed E-state index contributed by atoms with van der Waals surface area (Å²) in [6, 6.07) is 4.92. The molecule has 0 spiro atoms. The van der Waals surface area contributed by atoms with Crippen LogP contribution < -0.4 is 5.32 Å². The number of carbonyl (C=O) groups is 1. The molecule has 1 atom stereocenters. The third-order valence-corrected chi connectivity index (χ3v) is 2.57. The van der Waals surface area contributed by atoms with Crippen LogP contribution in [0.3, 0.4) is 0 Å². The Morgan fingerprint density at radius 3 is 2.10 bits per heavy atom. The summed E-state index contributed by atoms with van der Waals surface area (Å²) in [7, 11) is 0. The van der Waals surface area contributed by atoms with E-state index in [0.717, 1.165) is 0 Å². The van der Waals surface area contributed by atoms with Crippen molar-refractivity contribution in [3.05, 3.63) is 35.6 Å². The van der Waals surface area contributed by atoms with Crippen LogP contribution in [-0.2, 0) is 4.74 Å². The first-order valence-corrected chi connectivity index (χ1v) is 6.46. The first-order valence-electron chi connectivity index (χ1n) is 6.46. The highest BCUT2D eigenvalue weighted by Crippen LogP contribution is 2.26. The van der Waals surface area contributed by atoms with E-state index in [-0.39, 0.29) is 5.82 Å². The van der Waals surface area contributed by atoms with Crippen molar-refractivity contribution in [1.82, 2.24) is 5.32 Å². The summed E-state index contributed by atoms with van der Waals surface area (Å²) in [6.07, 6.45) is -0.631. The molecule has 0 unspecified atom stereocenters. The zero-order chi connectivity index (χ0) is 15.6. The fourth-order valence-electron chi connectivity index (χ4n) is 1.75. The maximum atomic E-state index is 13.0. The van der Waals surface area contributed by atoms with E-state index in [0.29, 0.717) is 5.56 Å². The number of aliphatic hydroxyl groups is 1. The second-order valence-corrected chi connectivity index (χ2v) is 6.28. The van der Waals surface area contributed by atoms with Crippen LogP contribution in [0.15, 0.2) is 24.3 Å². The first kappa shape index (κ1) is 16.4. The fourth-order valence-corrected chi connectivity index (χ4v) is 1.75. The van der Waals surface area contributed by atoms with E-state index in [4.69, 9.17) is 4.74 Å². The predicted molar refractivity (Wildman–Crippen MR) is 74.8 cm³/mol. The zero-order valence-electron chi connectivity index (χ0n) is 12.5. The van der Waals surface area contributed by atoms with Crippen LogP contribution in [-0.4, -0.2) is 22.4 Å². The molecular formula is C15H22FNO3. The van der Waals surface area contributed by atoms with E-state index in [1.807, 2.05) is 0 Å². The number of ether oxygens (including phenoxy) is 1. The zero-order valence-corrected chi connectivity index (χ0v) is 12.5. The van der Waals surface area contributed by atoms with Crippen LogP contribution in [0.5, 0.6) is 0 Å². The minimum atomic E-state index is -1.21. The van der Waals surface area contributed by atoms with Crippen molar-refractivity contribution in [2.45, 2.75) is 51.9 Å². The van der Waals surface area contributed by atoms with Crippen LogP contribution in [0.2, 0.25) is 0 Å². The predicted octanol–water partition coefficient (Wildman–Crippen LogP) is 3.16. The van der Waals surface area contributed by atoms with Gasteiger partial charge in [0.2, 0.25) is 0 Å². The second kappa shape index (κ2) is 5.79. The summed E-state index contributed by atoms with van der Waals surface area (Å²) in [6.45, 7) is 8.40. The highest BCUT2D eigenvalue weighted by molar-refractivity contribution is 5.68. The highest BCUT2D eigenvalue weighted by atomic mass is 19.1. The molecule has 112 valence electrons. The van der Waals surface area contributed by atoms with Gasteiger partial charge in [-0.3, -0.25) is 0 Å². The van der Waals surface area contributed by atoms with E-state index in [1.54, 1.807) is 34.6 Å². The Morgan fingerprint density at radius 2 is 1.70 bits per heavy atom. The average molecular weight is 283 g/mol. The van der Waals surface area contributed by atoms with E-state index >= 15 is 0 Å². The van der Waals surface area contributed by atoms with Gasteiger partial charge in [0.25, 0.3) is 0 Å². The summed E-state index contributed by atoms with van der Waals surface area (Å²) < 4.78 is 18.1. The molecule has 0 saturated heterocycles. The Bertz CT molecular complexity index is 457. The lowest BCUT2D eigenvalue weighted by Gasteiger charge is -2.31. The lowest BCUT2D eigenvalue weighted by molar-refractivity contribution is 0.0163. The molecule has 5 heteroatoms. The van der Waals surface area contributed by atoms with Gasteiger partial charge in [-0.1, -0.05) is 12.1 Å². The van der Waals surface area contributed by atoms with E-state index in [1.165, 1.54) is 24.3 Å². The molecule has 0 aromatic heterocycles. The maximum absolute atomic E-state index is 13.0. The molecule has 0 aliphatic carbocycles. The van der Waals surface area contributed by atoms with Crippen molar-refractivity contribution in [2.75, 3.05) is 0 Å². The Morgan fingerprint density at radius 1 is 1.20 bits per heavy atom. The van der Waals surface area contributed by atoms with Crippen LogP contribution in [0, 0.1) is 5.82 Å². The molecule has 0 aliphatic heterocycles. The molecule has 20 heavy (non-hydrogen) atoms. The van der Waals surface area contributed by atoms with Gasteiger partial charge in [-0.05, 0) is 52.3 Å². The molecular weight excluding hydrogens is 261 g/mol. The molecule has 0 heterocycles. The summed E-state index contributed by atoms with van der Waals surface area (Å²) in [5, 5.41) is 12.8. The van der Waals surface area contributed by atoms with Crippen molar-refractivity contribution >= 4 is 6.09 Å². The van der Waals surface area contributed by atoms with E-state index in [9.17, 15) is 14.3 Å². The number of nitrogens with one attached hydrogen (secondary N) is 1. The third-order valence-electron chi connectivity index (χ3n) is 2.57. The van der Waals surface area contributed by atoms with Crippen molar-refractivity contribution in [3.8, 4) is 0 Å². The van der Waals surface area contributed by atoms with Gasteiger partial charge >= 0.3 is 6.09 Å². The largest absolute Gasteiger partial charge is 0.444 e. The molecule has 0 fully saturated rings. The molecule has 0 radical (unpaired) electrons. The second-order valence-electron chi connectivity index (χ2n) is 6.28. The normalized spacial score (nSPS) is 13.8. The molecule has 0 saturated carbocycles. The minimum absolute atomic E-state index is 0.375. The number of halogens is 1. The quantitative estimate of drug-likeness (QED) is 0.895. The molecule has 1 amide bonds. The molecule has 0 bridgehead atoms. The van der Waals surface area contributed by atoms with Crippen LogP contribution in [0.4, 0.5) is 9.18 Å². The minimum Gasteiger partial charge on any atom is -0.444 e. The Labute approximate surface area is 119 Å².